The Balaban J connectivity index is 1.06. The molecule has 0 radical (unpaired) electrons. The van der Waals surface area contributed by atoms with Crippen molar-refractivity contribution >= 4 is 43.2 Å². The van der Waals surface area contributed by atoms with Crippen molar-refractivity contribution in [1.82, 2.24) is 4.57 Å². The van der Waals surface area contributed by atoms with E-state index in [2.05, 4.69) is 241 Å². The Labute approximate surface area is 360 Å². The van der Waals surface area contributed by atoms with Crippen molar-refractivity contribution in [2.45, 2.75) is 5.41 Å². The van der Waals surface area contributed by atoms with Crippen LogP contribution in [0.15, 0.2) is 237 Å². The van der Waals surface area contributed by atoms with Crippen molar-refractivity contribution in [2.24, 2.45) is 0 Å². The maximum atomic E-state index is 2.54. The summed E-state index contributed by atoms with van der Waals surface area (Å²) in [5.41, 5.74) is 16.9. The van der Waals surface area contributed by atoms with Crippen molar-refractivity contribution < 1.29 is 0 Å². The highest BCUT2D eigenvalue weighted by molar-refractivity contribution is 6.30. The minimum atomic E-state index is -0.450. The van der Waals surface area contributed by atoms with Gasteiger partial charge in [-0.1, -0.05) is 212 Å². The zero-order valence-electron chi connectivity index (χ0n) is 34.0. The van der Waals surface area contributed by atoms with Gasteiger partial charge in [0.15, 0.2) is 0 Å². The first kappa shape index (κ1) is 34.8. The Morgan fingerprint density at radius 2 is 0.887 bits per heavy atom. The van der Waals surface area contributed by atoms with E-state index >= 15 is 0 Å². The minimum Gasteiger partial charge on any atom is -0.308 e. The third-order valence-corrected chi connectivity index (χ3v) is 13.6. The normalized spacial score (nSPS) is 13.0. The van der Waals surface area contributed by atoms with Gasteiger partial charge >= 0.3 is 0 Å². The van der Waals surface area contributed by atoms with Crippen LogP contribution in [-0.4, -0.2) is 4.57 Å². The van der Waals surface area contributed by atoms with Crippen LogP contribution in [0, 0.1) is 0 Å². The third kappa shape index (κ3) is 4.91. The van der Waals surface area contributed by atoms with Crippen LogP contribution in [0.3, 0.4) is 0 Å². The Bertz CT molecular complexity index is 3580. The van der Waals surface area contributed by atoms with E-state index in [4.69, 9.17) is 0 Å². The summed E-state index contributed by atoms with van der Waals surface area (Å²) in [6, 6.07) is 87.8. The molecule has 0 atom stereocenters. The quantitative estimate of drug-likeness (QED) is 0.148. The van der Waals surface area contributed by atoms with Crippen LogP contribution in [0.25, 0.3) is 93.5 Å². The number of hydrogen-bond acceptors (Lipinski definition) is 0. The lowest BCUT2D eigenvalue weighted by molar-refractivity contribution is 0.769. The molecule has 0 spiro atoms. The molecule has 62 heavy (non-hydrogen) atoms. The van der Waals surface area contributed by atoms with Gasteiger partial charge < -0.3 is 4.57 Å². The summed E-state index contributed by atoms with van der Waals surface area (Å²) in [7, 11) is 0. The Hall–Kier alpha value is -8.00. The predicted octanol–water partition coefficient (Wildman–Crippen LogP) is 15.9. The molecule has 0 saturated carbocycles. The van der Waals surface area contributed by atoms with E-state index in [0.29, 0.717) is 0 Å². The summed E-state index contributed by atoms with van der Waals surface area (Å²) < 4.78 is 2.54. The van der Waals surface area contributed by atoms with Gasteiger partial charge in [0.2, 0.25) is 0 Å². The first-order valence-corrected chi connectivity index (χ1v) is 21.6. The van der Waals surface area contributed by atoms with E-state index in [1.807, 2.05) is 0 Å². The number of fused-ring (bicyclic) bond motifs is 5. The predicted molar refractivity (Wildman–Crippen MR) is 261 cm³/mol. The van der Waals surface area contributed by atoms with Gasteiger partial charge in [0.05, 0.1) is 16.6 Å². The highest BCUT2D eigenvalue weighted by Gasteiger charge is 2.46. The zero-order valence-corrected chi connectivity index (χ0v) is 34.0. The topological polar surface area (TPSA) is 4.93 Å². The molecule has 1 heteroatoms. The lowest BCUT2D eigenvalue weighted by Crippen LogP contribution is -2.28. The molecule has 0 N–H and O–H groups in total. The van der Waals surface area contributed by atoms with Crippen molar-refractivity contribution in [3.05, 3.63) is 259 Å². The zero-order chi connectivity index (χ0) is 40.8. The third-order valence-electron chi connectivity index (χ3n) is 13.6. The molecule has 288 valence electrons. The molecule has 0 unspecified atom stereocenters. The second kappa shape index (κ2) is 13.5. The second-order valence-electron chi connectivity index (χ2n) is 16.8. The summed E-state index contributed by atoms with van der Waals surface area (Å²) in [5, 5.41) is 8.98. The summed E-state index contributed by atoms with van der Waals surface area (Å²) in [4.78, 5) is 0. The molecular formula is C61H39N. The van der Waals surface area contributed by atoms with Gasteiger partial charge in [-0.15, -0.1) is 0 Å². The Kier molecular flexibility index (Phi) is 7.59. The molecule has 0 fully saturated rings. The monoisotopic (exact) mass is 785 g/mol. The van der Waals surface area contributed by atoms with Gasteiger partial charge in [0.25, 0.3) is 0 Å². The standard InChI is InChI=1S/C61H39N/c1-5-16-41(17-6-1)58-53-38-46-29-28-42-20-15-21-43-32-37-52(57(46)56(42)43)60(53)62(59(58)44-18-7-2-8-19-44)49-34-30-40(31-35-49)45-33-36-51-50-26-13-14-27-54(50)61(55(51)39-45,47-22-9-3-10-23-47)48-24-11-4-12-25-48/h1-39H. The van der Waals surface area contributed by atoms with Gasteiger partial charge in [-0.25, -0.2) is 0 Å². The van der Waals surface area contributed by atoms with Crippen molar-refractivity contribution in [3.8, 4) is 50.3 Å². The SMILES string of the molecule is c1ccc(-c2c(-c3ccccc3)n(-c3ccc(-c4ccc5c(c4)C(c4ccccc4)(c4ccccc4)c4ccccc4-5)cc3)c3c2cc2ccc4cccc5ccc3c2c45)cc1. The highest BCUT2D eigenvalue weighted by Crippen LogP contribution is 2.57. The summed E-state index contributed by atoms with van der Waals surface area (Å²) in [6.07, 6.45) is 0. The maximum absolute atomic E-state index is 2.54. The smallest absolute Gasteiger partial charge is 0.0713 e. The van der Waals surface area contributed by atoms with Gasteiger partial charge in [-0.3, -0.25) is 0 Å². The van der Waals surface area contributed by atoms with Gasteiger partial charge in [-0.2, -0.15) is 0 Å². The first-order chi connectivity index (χ1) is 30.8. The van der Waals surface area contributed by atoms with E-state index in [-0.39, 0.29) is 0 Å². The van der Waals surface area contributed by atoms with Crippen molar-refractivity contribution in [1.29, 1.82) is 0 Å². The fourth-order valence-electron chi connectivity index (χ4n) is 11.0. The molecule has 1 heterocycles. The van der Waals surface area contributed by atoms with Crippen LogP contribution in [0.2, 0.25) is 0 Å². The largest absolute Gasteiger partial charge is 0.308 e. The Morgan fingerprint density at radius 1 is 0.323 bits per heavy atom. The molecular weight excluding hydrogens is 747 g/mol. The number of aromatic nitrogens is 1. The van der Waals surface area contributed by atoms with Crippen molar-refractivity contribution in [2.75, 3.05) is 0 Å². The van der Waals surface area contributed by atoms with Gasteiger partial charge in [0.1, 0.15) is 0 Å². The van der Waals surface area contributed by atoms with Gasteiger partial charge in [0, 0.05) is 22.0 Å². The van der Waals surface area contributed by atoms with Gasteiger partial charge in [-0.05, 0) is 107 Å². The van der Waals surface area contributed by atoms with E-state index in [9.17, 15) is 0 Å². The second-order valence-corrected chi connectivity index (χ2v) is 16.8. The van der Waals surface area contributed by atoms with Crippen LogP contribution in [-0.2, 0) is 5.41 Å². The molecule has 1 aliphatic rings. The molecule has 0 saturated heterocycles. The highest BCUT2D eigenvalue weighted by atomic mass is 15.0. The van der Waals surface area contributed by atoms with E-state index < -0.39 is 5.41 Å². The molecule has 13 rings (SSSR count). The summed E-state index contributed by atoms with van der Waals surface area (Å²) >= 11 is 0. The minimum absolute atomic E-state index is 0.450. The van der Waals surface area contributed by atoms with Crippen LogP contribution < -0.4 is 0 Å². The lowest BCUT2D eigenvalue weighted by Gasteiger charge is -2.34. The molecule has 0 aliphatic heterocycles. The summed E-state index contributed by atoms with van der Waals surface area (Å²) in [5.74, 6) is 0. The molecule has 0 amide bonds. The van der Waals surface area contributed by atoms with Crippen LogP contribution in [0.5, 0.6) is 0 Å². The molecule has 12 aromatic rings. The number of nitrogens with zero attached hydrogens (tertiary/aromatic N) is 1. The lowest BCUT2D eigenvalue weighted by atomic mass is 9.67. The van der Waals surface area contributed by atoms with Crippen LogP contribution in [0.4, 0.5) is 0 Å². The molecule has 1 aromatic heterocycles. The van der Waals surface area contributed by atoms with E-state index in [1.54, 1.807) is 0 Å². The maximum Gasteiger partial charge on any atom is 0.0713 e. The molecule has 1 nitrogen and oxygen atoms in total. The fraction of sp³-hybridized carbons (Fsp3) is 0.0164. The van der Waals surface area contributed by atoms with E-state index in [1.165, 1.54) is 110 Å². The van der Waals surface area contributed by atoms with Crippen LogP contribution >= 0.6 is 0 Å². The number of rotatable bonds is 6. The molecule has 0 bridgehead atoms. The average Bonchev–Trinajstić information content (AvgIpc) is 3.85. The fourth-order valence-corrected chi connectivity index (χ4v) is 11.0. The van der Waals surface area contributed by atoms with E-state index in [0.717, 1.165) is 5.69 Å². The number of hydrogen-bond donors (Lipinski definition) is 0. The van der Waals surface area contributed by atoms with Crippen LogP contribution in [0.1, 0.15) is 22.3 Å². The Morgan fingerprint density at radius 3 is 1.58 bits per heavy atom. The summed E-state index contributed by atoms with van der Waals surface area (Å²) in [6.45, 7) is 0. The van der Waals surface area contributed by atoms with Crippen molar-refractivity contribution in [3.63, 3.8) is 0 Å². The first-order valence-electron chi connectivity index (χ1n) is 21.6. The molecule has 11 aromatic carbocycles. The molecule has 1 aliphatic carbocycles. The number of benzene rings is 11. The average molecular weight is 786 g/mol.